The van der Waals surface area contributed by atoms with Crippen molar-refractivity contribution in [2.24, 2.45) is 0 Å². The first-order chi connectivity index (χ1) is 14.1. The van der Waals surface area contributed by atoms with E-state index in [1.54, 1.807) is 35.2 Å². The molecule has 144 valence electrons. The first-order valence-electron chi connectivity index (χ1n) is 9.23. The van der Waals surface area contributed by atoms with Crippen LogP contribution >= 0.6 is 0 Å². The fourth-order valence-corrected chi connectivity index (χ4v) is 2.99. The molecule has 0 spiro atoms. The molecule has 2 heterocycles. The maximum Gasteiger partial charge on any atom is 0.246 e. The minimum absolute atomic E-state index is 0.0837. The largest absolute Gasteiger partial charge is 0.335 e. The summed E-state index contributed by atoms with van der Waals surface area (Å²) < 4.78 is 1.69. The molecule has 2 aromatic heterocycles. The van der Waals surface area contributed by atoms with E-state index in [2.05, 4.69) is 20.1 Å². The van der Waals surface area contributed by atoms with Gasteiger partial charge in [0.05, 0.1) is 34.7 Å². The van der Waals surface area contributed by atoms with E-state index in [1.807, 2.05) is 55.5 Å². The Kier molecular flexibility index (Phi) is 5.11. The van der Waals surface area contributed by atoms with E-state index < -0.39 is 0 Å². The molecule has 29 heavy (non-hydrogen) atoms. The van der Waals surface area contributed by atoms with Crippen LogP contribution in [0, 0.1) is 0 Å². The number of nitrogens with zero attached hydrogens (tertiary/aromatic N) is 6. The van der Waals surface area contributed by atoms with Gasteiger partial charge in [-0.1, -0.05) is 24.3 Å². The van der Waals surface area contributed by atoms with Gasteiger partial charge in [0.15, 0.2) is 0 Å². The number of likely N-dealkylation sites (N-methyl/N-ethyl adjacent to an activating group) is 1. The molecule has 0 saturated carbocycles. The molecule has 1 atom stereocenters. The zero-order valence-corrected chi connectivity index (χ0v) is 16.2. The number of amides is 1. The molecular formula is C22H20N6O. The van der Waals surface area contributed by atoms with Gasteiger partial charge >= 0.3 is 0 Å². The smallest absolute Gasteiger partial charge is 0.246 e. The van der Waals surface area contributed by atoms with Crippen molar-refractivity contribution in [2.75, 3.05) is 7.05 Å². The van der Waals surface area contributed by atoms with Crippen molar-refractivity contribution in [3.05, 3.63) is 84.7 Å². The Morgan fingerprint density at radius 2 is 1.86 bits per heavy atom. The predicted molar refractivity (Wildman–Crippen MR) is 111 cm³/mol. The SMILES string of the molecule is CC(c1ccc(-n2cncn2)cc1)N(C)C(=O)/C=C/c1cnc2ccccc2n1. The average Bonchev–Trinajstić information content (AvgIpc) is 3.31. The summed E-state index contributed by atoms with van der Waals surface area (Å²) in [6.45, 7) is 1.99. The van der Waals surface area contributed by atoms with Gasteiger partial charge < -0.3 is 4.90 Å². The van der Waals surface area contributed by atoms with Crippen LogP contribution in [-0.4, -0.2) is 42.6 Å². The summed E-state index contributed by atoms with van der Waals surface area (Å²) >= 11 is 0. The summed E-state index contributed by atoms with van der Waals surface area (Å²) in [5.74, 6) is -0.104. The summed E-state index contributed by atoms with van der Waals surface area (Å²) in [6, 6.07) is 15.5. The topological polar surface area (TPSA) is 76.8 Å². The second kappa shape index (κ2) is 8.02. The highest BCUT2D eigenvalue weighted by Gasteiger charge is 2.15. The molecule has 0 aliphatic rings. The third-order valence-corrected chi connectivity index (χ3v) is 4.85. The van der Waals surface area contributed by atoms with Gasteiger partial charge in [-0.15, -0.1) is 0 Å². The molecule has 0 aliphatic carbocycles. The molecule has 4 aromatic rings. The van der Waals surface area contributed by atoms with Crippen molar-refractivity contribution in [3.63, 3.8) is 0 Å². The van der Waals surface area contributed by atoms with Crippen molar-refractivity contribution in [3.8, 4) is 5.69 Å². The molecule has 4 rings (SSSR count). The van der Waals surface area contributed by atoms with Gasteiger partial charge in [-0.05, 0) is 42.8 Å². The third kappa shape index (κ3) is 4.03. The predicted octanol–water partition coefficient (Wildman–Crippen LogP) is 3.44. The van der Waals surface area contributed by atoms with E-state index in [1.165, 1.54) is 12.4 Å². The molecule has 0 N–H and O–H groups in total. The van der Waals surface area contributed by atoms with Crippen LogP contribution < -0.4 is 0 Å². The Morgan fingerprint density at radius 1 is 1.10 bits per heavy atom. The first-order valence-corrected chi connectivity index (χ1v) is 9.23. The van der Waals surface area contributed by atoms with Crippen LogP contribution in [-0.2, 0) is 4.79 Å². The molecule has 0 bridgehead atoms. The van der Waals surface area contributed by atoms with E-state index in [9.17, 15) is 4.79 Å². The molecule has 0 fully saturated rings. The Balaban J connectivity index is 1.45. The number of benzene rings is 2. The number of carbonyl (C=O) groups excluding carboxylic acids is 1. The highest BCUT2D eigenvalue weighted by atomic mass is 16.2. The van der Waals surface area contributed by atoms with Gasteiger partial charge in [0, 0.05) is 13.1 Å². The first kappa shape index (κ1) is 18.5. The van der Waals surface area contributed by atoms with Crippen LogP contribution in [0.1, 0.15) is 24.2 Å². The third-order valence-electron chi connectivity index (χ3n) is 4.85. The van der Waals surface area contributed by atoms with Gasteiger partial charge in [0.1, 0.15) is 12.7 Å². The number of fused-ring (bicyclic) bond motifs is 1. The molecule has 7 nitrogen and oxygen atoms in total. The van der Waals surface area contributed by atoms with Crippen molar-refractivity contribution in [1.82, 2.24) is 29.6 Å². The maximum absolute atomic E-state index is 12.6. The van der Waals surface area contributed by atoms with Crippen molar-refractivity contribution >= 4 is 23.0 Å². The molecule has 0 aliphatic heterocycles. The second-order valence-corrected chi connectivity index (χ2v) is 6.67. The van der Waals surface area contributed by atoms with Gasteiger partial charge in [-0.3, -0.25) is 9.78 Å². The molecular weight excluding hydrogens is 364 g/mol. The summed E-state index contributed by atoms with van der Waals surface area (Å²) in [7, 11) is 1.79. The molecule has 1 amide bonds. The van der Waals surface area contributed by atoms with Gasteiger partial charge in [-0.2, -0.15) is 5.10 Å². The van der Waals surface area contributed by atoms with Crippen LogP contribution in [0.2, 0.25) is 0 Å². The van der Waals surface area contributed by atoms with E-state index in [-0.39, 0.29) is 11.9 Å². The number of carbonyl (C=O) groups is 1. The molecule has 1 unspecified atom stereocenters. The zero-order valence-electron chi connectivity index (χ0n) is 16.2. The quantitative estimate of drug-likeness (QED) is 0.493. The van der Waals surface area contributed by atoms with Gasteiger partial charge in [0.2, 0.25) is 5.91 Å². The maximum atomic E-state index is 12.6. The van der Waals surface area contributed by atoms with Crippen LogP contribution in [0.4, 0.5) is 0 Å². The van der Waals surface area contributed by atoms with Gasteiger partial charge in [0.25, 0.3) is 0 Å². The highest BCUT2D eigenvalue weighted by molar-refractivity contribution is 5.91. The standard InChI is InChI=1S/C22H20N6O/c1-16(17-7-10-19(11-8-17)28-15-23-14-25-28)27(2)22(29)12-9-18-13-24-20-5-3-4-6-21(20)26-18/h3-16H,1-2H3/b12-9+. The van der Waals surface area contributed by atoms with Gasteiger partial charge in [-0.25, -0.2) is 14.6 Å². The molecule has 2 aromatic carbocycles. The lowest BCUT2D eigenvalue weighted by Gasteiger charge is -2.24. The van der Waals surface area contributed by atoms with Crippen LogP contribution in [0.5, 0.6) is 0 Å². The van der Waals surface area contributed by atoms with Crippen molar-refractivity contribution < 1.29 is 4.79 Å². The fourth-order valence-electron chi connectivity index (χ4n) is 2.99. The normalized spacial score (nSPS) is 12.3. The fraction of sp³-hybridized carbons (Fsp3) is 0.136. The minimum Gasteiger partial charge on any atom is -0.335 e. The molecule has 7 heteroatoms. The Hall–Kier alpha value is -3.87. The monoisotopic (exact) mass is 384 g/mol. The van der Waals surface area contributed by atoms with E-state index in [0.29, 0.717) is 5.69 Å². The lowest BCUT2D eigenvalue weighted by Crippen LogP contribution is -2.28. The lowest BCUT2D eigenvalue weighted by molar-refractivity contribution is -0.126. The second-order valence-electron chi connectivity index (χ2n) is 6.67. The van der Waals surface area contributed by atoms with E-state index in [0.717, 1.165) is 22.3 Å². The lowest BCUT2D eigenvalue weighted by atomic mass is 10.1. The Labute approximate surface area is 168 Å². The summed E-state index contributed by atoms with van der Waals surface area (Å²) in [5.41, 5.74) is 4.23. The average molecular weight is 384 g/mol. The number of aromatic nitrogens is 5. The highest BCUT2D eigenvalue weighted by Crippen LogP contribution is 2.20. The van der Waals surface area contributed by atoms with E-state index in [4.69, 9.17) is 0 Å². The van der Waals surface area contributed by atoms with Crippen molar-refractivity contribution in [2.45, 2.75) is 13.0 Å². The zero-order chi connectivity index (χ0) is 20.2. The van der Waals surface area contributed by atoms with E-state index >= 15 is 0 Å². The number of hydrogen-bond acceptors (Lipinski definition) is 5. The summed E-state index contributed by atoms with van der Waals surface area (Å²) in [4.78, 5) is 27.1. The number of rotatable bonds is 5. The van der Waals surface area contributed by atoms with Crippen LogP contribution in [0.3, 0.4) is 0 Å². The summed E-state index contributed by atoms with van der Waals surface area (Å²) in [6.07, 6.45) is 8.03. The Bertz CT molecular complexity index is 1150. The number of para-hydroxylation sites is 2. The van der Waals surface area contributed by atoms with Crippen LogP contribution in [0.25, 0.3) is 22.8 Å². The molecule has 0 saturated heterocycles. The van der Waals surface area contributed by atoms with Crippen molar-refractivity contribution in [1.29, 1.82) is 0 Å². The van der Waals surface area contributed by atoms with Crippen LogP contribution in [0.15, 0.2) is 73.5 Å². The summed E-state index contributed by atoms with van der Waals surface area (Å²) in [5, 5.41) is 4.12. The number of hydrogen-bond donors (Lipinski definition) is 0. The minimum atomic E-state index is -0.104. The Morgan fingerprint density at radius 3 is 2.59 bits per heavy atom. The molecule has 0 radical (unpaired) electrons.